The average Bonchev–Trinajstić information content (AvgIpc) is 2.44. The van der Waals surface area contributed by atoms with Gasteiger partial charge in [-0.15, -0.1) is 0 Å². The van der Waals surface area contributed by atoms with Crippen LogP contribution in [0.4, 0.5) is 0 Å². The maximum absolute atomic E-state index is 3.52. The van der Waals surface area contributed by atoms with Gasteiger partial charge in [0.15, 0.2) is 0 Å². The quantitative estimate of drug-likeness (QED) is 0.775. The Morgan fingerprint density at radius 1 is 1.25 bits per heavy atom. The molecule has 16 heavy (non-hydrogen) atoms. The first-order valence-electron chi connectivity index (χ1n) is 7.09. The second kappa shape index (κ2) is 7.29. The summed E-state index contributed by atoms with van der Waals surface area (Å²) in [6.07, 6.45) is 4.19. The van der Waals surface area contributed by atoms with Gasteiger partial charge in [-0.1, -0.05) is 27.7 Å². The smallest absolute Gasteiger partial charge is 0.0243 e. The van der Waals surface area contributed by atoms with Gasteiger partial charge in [-0.25, -0.2) is 0 Å². The lowest BCUT2D eigenvalue weighted by Gasteiger charge is -2.33. The molecule has 0 aromatic heterocycles. The van der Waals surface area contributed by atoms with E-state index in [0.29, 0.717) is 0 Å². The number of rotatable bonds is 5. The summed E-state index contributed by atoms with van der Waals surface area (Å²) in [6, 6.07) is 0.727. The fraction of sp³-hybridized carbons (Fsp3) is 1.00. The number of hydrogen-bond acceptors (Lipinski definition) is 2. The van der Waals surface area contributed by atoms with Crippen molar-refractivity contribution in [2.75, 3.05) is 26.2 Å². The molecule has 0 radical (unpaired) electrons. The van der Waals surface area contributed by atoms with Crippen LogP contribution in [0.2, 0.25) is 0 Å². The van der Waals surface area contributed by atoms with E-state index in [1.54, 1.807) is 0 Å². The van der Waals surface area contributed by atoms with Crippen molar-refractivity contribution >= 4 is 0 Å². The van der Waals surface area contributed by atoms with Crippen molar-refractivity contribution in [1.29, 1.82) is 0 Å². The summed E-state index contributed by atoms with van der Waals surface area (Å²) in [5, 5.41) is 3.52. The molecular weight excluding hydrogens is 196 g/mol. The molecule has 1 fully saturated rings. The van der Waals surface area contributed by atoms with Crippen LogP contribution in [0.25, 0.3) is 0 Å². The second-order valence-corrected chi connectivity index (χ2v) is 5.69. The monoisotopic (exact) mass is 226 g/mol. The van der Waals surface area contributed by atoms with Crippen LogP contribution in [0.15, 0.2) is 0 Å². The van der Waals surface area contributed by atoms with E-state index >= 15 is 0 Å². The van der Waals surface area contributed by atoms with Crippen LogP contribution in [0.3, 0.4) is 0 Å². The predicted molar refractivity (Wildman–Crippen MR) is 71.8 cm³/mol. The lowest BCUT2D eigenvalue weighted by Crippen LogP contribution is -2.46. The summed E-state index contributed by atoms with van der Waals surface area (Å²) in [5.41, 5.74) is 0. The SMILES string of the molecule is CCNCC(C(C)C)N1CCCC(C)CC1. The summed E-state index contributed by atoms with van der Waals surface area (Å²) in [4.78, 5) is 2.72. The molecule has 0 saturated carbocycles. The summed E-state index contributed by atoms with van der Waals surface area (Å²) >= 11 is 0. The Hall–Kier alpha value is -0.0800. The molecular formula is C14H30N2. The lowest BCUT2D eigenvalue weighted by molar-refractivity contribution is 0.156. The predicted octanol–water partition coefficient (Wildman–Crippen LogP) is 2.74. The van der Waals surface area contributed by atoms with Gasteiger partial charge in [0.25, 0.3) is 0 Å². The van der Waals surface area contributed by atoms with Crippen molar-refractivity contribution in [1.82, 2.24) is 10.2 Å². The highest BCUT2D eigenvalue weighted by molar-refractivity contribution is 4.79. The third-order valence-electron chi connectivity index (χ3n) is 3.89. The zero-order valence-corrected chi connectivity index (χ0v) is 11.6. The molecule has 1 aliphatic rings. The number of nitrogens with zero attached hydrogens (tertiary/aromatic N) is 1. The minimum Gasteiger partial charge on any atom is -0.315 e. The Morgan fingerprint density at radius 2 is 2.00 bits per heavy atom. The maximum Gasteiger partial charge on any atom is 0.0243 e. The molecule has 2 heteroatoms. The summed E-state index contributed by atoms with van der Waals surface area (Å²) in [7, 11) is 0. The van der Waals surface area contributed by atoms with Crippen LogP contribution >= 0.6 is 0 Å². The molecule has 96 valence electrons. The molecule has 2 atom stereocenters. The minimum absolute atomic E-state index is 0.727. The van der Waals surface area contributed by atoms with Gasteiger partial charge in [0.05, 0.1) is 0 Å². The summed E-state index contributed by atoms with van der Waals surface area (Å²) < 4.78 is 0. The minimum atomic E-state index is 0.727. The van der Waals surface area contributed by atoms with Crippen molar-refractivity contribution in [3.63, 3.8) is 0 Å². The highest BCUT2D eigenvalue weighted by Crippen LogP contribution is 2.20. The van der Waals surface area contributed by atoms with E-state index in [4.69, 9.17) is 0 Å². The van der Waals surface area contributed by atoms with E-state index in [1.165, 1.54) is 32.4 Å². The second-order valence-electron chi connectivity index (χ2n) is 5.69. The standard InChI is InChI=1S/C14H30N2/c1-5-15-11-14(12(2)3)16-9-6-7-13(4)8-10-16/h12-15H,5-11H2,1-4H3. The molecule has 0 aromatic rings. The molecule has 1 saturated heterocycles. The van der Waals surface area contributed by atoms with Gasteiger partial charge >= 0.3 is 0 Å². The van der Waals surface area contributed by atoms with Crippen LogP contribution in [-0.4, -0.2) is 37.1 Å². The Balaban J connectivity index is 2.48. The van der Waals surface area contributed by atoms with Crippen molar-refractivity contribution < 1.29 is 0 Å². The summed E-state index contributed by atoms with van der Waals surface area (Å²) in [6.45, 7) is 14.2. The average molecular weight is 226 g/mol. The van der Waals surface area contributed by atoms with E-state index in [-0.39, 0.29) is 0 Å². The van der Waals surface area contributed by atoms with E-state index in [0.717, 1.165) is 31.0 Å². The molecule has 1 N–H and O–H groups in total. The molecule has 0 aliphatic carbocycles. The van der Waals surface area contributed by atoms with Crippen molar-refractivity contribution in [2.45, 2.75) is 53.0 Å². The molecule has 0 amide bonds. The van der Waals surface area contributed by atoms with Crippen LogP contribution in [-0.2, 0) is 0 Å². The largest absolute Gasteiger partial charge is 0.315 e. The van der Waals surface area contributed by atoms with Gasteiger partial charge in [-0.3, -0.25) is 4.90 Å². The van der Waals surface area contributed by atoms with Gasteiger partial charge in [0, 0.05) is 12.6 Å². The topological polar surface area (TPSA) is 15.3 Å². The third-order valence-corrected chi connectivity index (χ3v) is 3.89. The van der Waals surface area contributed by atoms with Crippen molar-refractivity contribution in [2.24, 2.45) is 11.8 Å². The molecule has 1 heterocycles. The van der Waals surface area contributed by atoms with Gasteiger partial charge in [0.1, 0.15) is 0 Å². The molecule has 2 nitrogen and oxygen atoms in total. The van der Waals surface area contributed by atoms with Crippen LogP contribution in [0.5, 0.6) is 0 Å². The van der Waals surface area contributed by atoms with Gasteiger partial charge in [0.2, 0.25) is 0 Å². The first-order chi connectivity index (χ1) is 7.65. The van der Waals surface area contributed by atoms with Crippen molar-refractivity contribution in [3.05, 3.63) is 0 Å². The fourth-order valence-electron chi connectivity index (χ4n) is 2.70. The first kappa shape index (κ1) is 14.0. The van der Waals surface area contributed by atoms with Gasteiger partial charge < -0.3 is 5.32 Å². The van der Waals surface area contributed by atoms with Gasteiger partial charge in [-0.2, -0.15) is 0 Å². The molecule has 0 bridgehead atoms. The Kier molecular flexibility index (Phi) is 6.37. The Bertz CT molecular complexity index is 180. The first-order valence-corrected chi connectivity index (χ1v) is 7.09. The molecule has 1 rings (SSSR count). The Morgan fingerprint density at radius 3 is 2.62 bits per heavy atom. The molecule has 0 aromatic carbocycles. The fourth-order valence-corrected chi connectivity index (χ4v) is 2.70. The van der Waals surface area contributed by atoms with E-state index in [2.05, 4.69) is 37.9 Å². The lowest BCUT2D eigenvalue weighted by atomic mass is 10.0. The molecule has 2 unspecified atom stereocenters. The number of nitrogens with one attached hydrogen (secondary N) is 1. The van der Waals surface area contributed by atoms with Crippen molar-refractivity contribution in [3.8, 4) is 0 Å². The Labute approximate surface area is 102 Å². The maximum atomic E-state index is 3.52. The van der Waals surface area contributed by atoms with Crippen LogP contribution < -0.4 is 5.32 Å². The molecule has 0 spiro atoms. The normalized spacial score (nSPS) is 25.7. The molecule has 1 aliphatic heterocycles. The number of hydrogen-bond donors (Lipinski definition) is 1. The highest BCUT2D eigenvalue weighted by atomic mass is 15.2. The summed E-state index contributed by atoms with van der Waals surface area (Å²) in [5.74, 6) is 1.68. The van der Waals surface area contributed by atoms with Gasteiger partial charge in [-0.05, 0) is 50.7 Å². The van der Waals surface area contributed by atoms with Crippen LogP contribution in [0, 0.1) is 11.8 Å². The highest BCUT2D eigenvalue weighted by Gasteiger charge is 2.23. The van der Waals surface area contributed by atoms with Crippen LogP contribution in [0.1, 0.15) is 47.0 Å². The van der Waals surface area contributed by atoms with E-state index in [1.807, 2.05) is 0 Å². The van der Waals surface area contributed by atoms with E-state index in [9.17, 15) is 0 Å². The zero-order chi connectivity index (χ0) is 12.0. The van der Waals surface area contributed by atoms with E-state index < -0.39 is 0 Å². The zero-order valence-electron chi connectivity index (χ0n) is 11.6. The third kappa shape index (κ3) is 4.42. The number of likely N-dealkylation sites (tertiary alicyclic amines) is 1. The number of likely N-dealkylation sites (N-methyl/N-ethyl adjacent to an activating group) is 1.